The molecule has 147 heavy (non-hydrogen) atoms. The first-order valence-corrected chi connectivity index (χ1v) is 45.3. The second kappa shape index (κ2) is 47.6. The van der Waals surface area contributed by atoms with Crippen molar-refractivity contribution in [2.45, 2.75) is 0 Å². The summed E-state index contributed by atoms with van der Waals surface area (Å²) in [6, 6.07) is 84.3. The van der Waals surface area contributed by atoms with Crippen molar-refractivity contribution < 1.29 is 44.8 Å². The first-order valence-electron chi connectivity index (χ1n) is 43.7. The number of fused-ring (bicyclic) bond motifs is 6. The Kier molecular flexibility index (Phi) is 32.7. The fourth-order valence-corrected chi connectivity index (χ4v) is 15.0. The molecule has 0 fully saturated rings. The van der Waals surface area contributed by atoms with Crippen molar-refractivity contribution in [3.63, 3.8) is 0 Å². The van der Waals surface area contributed by atoms with Crippen LogP contribution < -0.4 is 52.0 Å². The van der Waals surface area contributed by atoms with E-state index in [0.717, 1.165) is 87.4 Å². The Morgan fingerprint density at radius 2 is 0.585 bits per heavy atom. The fraction of sp³-hybridized carbons (Fsp3) is 0.0849. The van der Waals surface area contributed by atoms with E-state index in [0.29, 0.717) is 131 Å². The van der Waals surface area contributed by atoms with Crippen LogP contribution in [0.1, 0.15) is 45.6 Å². The second-order valence-corrected chi connectivity index (χ2v) is 31.7. The lowest BCUT2D eigenvalue weighted by Gasteiger charge is -2.02. The van der Waals surface area contributed by atoms with Gasteiger partial charge < -0.3 is 87.3 Å². The van der Waals surface area contributed by atoms with Crippen molar-refractivity contribution in [1.82, 2.24) is 54.8 Å². The topological polar surface area (TPSA) is 552 Å². The number of pyridine rings is 3. The minimum atomic E-state index is 0.179. The molecule has 1 aliphatic heterocycles. The molecule has 0 aliphatic carbocycles. The summed E-state index contributed by atoms with van der Waals surface area (Å²) in [4.78, 5) is 45.6. The van der Waals surface area contributed by atoms with Crippen molar-refractivity contribution >= 4 is 147 Å². The predicted octanol–water partition coefficient (Wildman–Crippen LogP) is 24.3. The zero-order valence-electron chi connectivity index (χ0n) is 78.5. The number of halogens is 4. The number of nitriles is 8. The molecule has 0 radical (unpaired) electrons. The van der Waals surface area contributed by atoms with Crippen molar-refractivity contribution in [2.75, 3.05) is 106 Å². The van der Waals surface area contributed by atoms with Gasteiger partial charge in [-0.05, 0) is 148 Å². The Balaban J connectivity index is 0.000000126. The molecule has 0 spiro atoms. The SMILES string of the molecule is CNc1oc(-c2ccc(Cl)c(Cl)c2)nc1C#N.CNc1oc(-c2ccc3c(c2)OCO3)nc1C#N.CNc1oc(-c2ccc3ccccc3c2)nc1C#N.CNc1oc(-c2ccc3cnccc3c2)nc1C#N.CNc1oc(-c2cccc(Cl)c2Cl)nc1C#N.CNc1oc(-c2cccc3ccccc23)nc1C#N.CNc1oc(-c2cccc3cnccc23)nc1C#N.CNc1oc(-c2cccc3ncccc23)nc1C#N. The standard InChI is InChI=1S/2C15H11N3O.3C14H10N4O.C12H9N3O3.2C11H7Cl2N3O/c1-17-15-13(9-16)18-14(19-15)12-8-4-6-10-5-2-3-7-11(10)12;1-17-15-13(9-16)18-14(19-15)12-7-6-10-4-2-3-5-11(10)8-12;1-16-14-12(8-15)18-13(19-14)10-4-2-6-11-9(10)5-3-7-17-11;1-16-14-12(7-15)18-13(19-14)10-2-3-11-8-17-5-4-9(11)6-10;1-16-14-12(7-15)18-13(19-14)11-4-2-3-9-8-17-6-5-10(9)11;1-14-12-8(5-13)15-11(18-12)7-2-3-9-10(4-7)17-6-16-9;1-15-11-9(5-14)16-10(17-11)6-2-3-7(12)8(13)4-6;1-15-11-8(5-14)16-10(17-11)6-3-2-4-7(12)9(6)13/h2*2-8,17H,1H3;2-7,16H,1H3;2*2-6,8,16H,1H3;2-4,14H,6H2,1H3;2*2-4,15H,1H3. The van der Waals surface area contributed by atoms with Crippen molar-refractivity contribution in [3.8, 4) is 152 Å². The number of hydrogen-bond donors (Lipinski definition) is 8. The smallest absolute Gasteiger partial charge is 0.232 e. The summed E-state index contributed by atoms with van der Waals surface area (Å²) in [6.45, 7) is 0.218. The summed E-state index contributed by atoms with van der Waals surface area (Å²) >= 11 is 23.6. The fourth-order valence-electron chi connectivity index (χ4n) is 14.4. The minimum Gasteiger partial charge on any atom is -0.454 e. The number of benzene rings is 10. The maximum Gasteiger partial charge on any atom is 0.232 e. The molecule has 0 amide bonds. The van der Waals surface area contributed by atoms with Crippen molar-refractivity contribution in [1.29, 1.82) is 42.1 Å². The molecule has 22 rings (SSSR count). The van der Waals surface area contributed by atoms with Crippen LogP contribution in [-0.4, -0.2) is 118 Å². The van der Waals surface area contributed by atoms with Gasteiger partial charge in [0.1, 0.15) is 48.6 Å². The Morgan fingerprint density at radius 3 is 1.05 bits per heavy atom. The maximum atomic E-state index is 9.01. The van der Waals surface area contributed by atoms with Crippen LogP contribution in [-0.2, 0) is 0 Å². The molecule has 0 saturated heterocycles. The van der Waals surface area contributed by atoms with Gasteiger partial charge in [0.15, 0.2) is 11.5 Å². The average Bonchev–Trinajstić information content (AvgIpc) is 1.64. The molecule has 1 aliphatic rings. The molecule has 37 nitrogen and oxygen atoms in total. The van der Waals surface area contributed by atoms with Crippen LogP contribution in [0.15, 0.2) is 285 Å². The number of ether oxygens (including phenoxy) is 2. The Bertz CT molecular complexity index is 8300. The molecule has 0 saturated carbocycles. The lowest BCUT2D eigenvalue weighted by atomic mass is 10.0. The number of oxazole rings is 8. The highest BCUT2D eigenvalue weighted by atomic mass is 35.5. The minimum absolute atomic E-state index is 0.179. The van der Waals surface area contributed by atoms with E-state index >= 15 is 0 Å². The molecular weight excluding hydrogens is 1950 g/mol. The van der Waals surface area contributed by atoms with Crippen LogP contribution in [0.2, 0.25) is 20.1 Å². The van der Waals surface area contributed by atoms with Crippen molar-refractivity contribution in [3.05, 3.63) is 315 Å². The first kappa shape index (κ1) is 101. The van der Waals surface area contributed by atoms with Gasteiger partial charge >= 0.3 is 0 Å². The first-order chi connectivity index (χ1) is 71.7. The van der Waals surface area contributed by atoms with Crippen LogP contribution in [0.25, 0.3) is 146 Å². The number of hydrogen-bond acceptors (Lipinski definition) is 37. The van der Waals surface area contributed by atoms with Gasteiger partial charge in [0.2, 0.25) is 147 Å². The maximum absolute atomic E-state index is 9.01. The second-order valence-electron chi connectivity index (χ2n) is 30.1. The van der Waals surface area contributed by atoms with E-state index in [-0.39, 0.29) is 58.2 Å². The zero-order chi connectivity index (χ0) is 104. The highest BCUT2D eigenvalue weighted by molar-refractivity contribution is 6.43. The molecule has 722 valence electrons. The average molecular weight is 2030 g/mol. The van der Waals surface area contributed by atoms with Gasteiger partial charge in [-0.2, -0.15) is 82.0 Å². The summed E-state index contributed by atoms with van der Waals surface area (Å²) in [5, 5.41) is 105. The molecule has 0 bridgehead atoms. The van der Waals surface area contributed by atoms with Gasteiger partial charge in [-0.15, -0.1) is 0 Å². The largest absolute Gasteiger partial charge is 0.454 e. The normalized spacial score (nSPS) is 10.5. The molecule has 21 aromatic rings. The summed E-state index contributed by atoms with van der Waals surface area (Å²) < 4.78 is 54.6. The van der Waals surface area contributed by atoms with E-state index in [2.05, 4.69) is 103 Å². The molecule has 0 atom stereocenters. The summed E-state index contributed by atoms with van der Waals surface area (Å²) in [5.74, 6) is 7.38. The third-order valence-corrected chi connectivity index (χ3v) is 22.9. The van der Waals surface area contributed by atoms with Crippen LogP contribution >= 0.6 is 46.4 Å². The van der Waals surface area contributed by atoms with Gasteiger partial charge in [-0.1, -0.05) is 150 Å². The number of nitrogens with zero attached hydrogens (tertiary/aromatic N) is 19. The van der Waals surface area contributed by atoms with E-state index in [4.69, 9.17) is 133 Å². The molecule has 8 N–H and O–H groups in total. The highest BCUT2D eigenvalue weighted by Gasteiger charge is 2.25. The lowest BCUT2D eigenvalue weighted by Crippen LogP contribution is -1.92. The Hall–Kier alpha value is -20.3. The summed E-state index contributed by atoms with van der Waals surface area (Å²) in [5.41, 5.74) is 8.96. The molecule has 11 aromatic heterocycles. The Labute approximate surface area is 856 Å². The van der Waals surface area contributed by atoms with E-state index in [9.17, 15) is 0 Å². The summed E-state index contributed by atoms with van der Waals surface area (Å²) in [7, 11) is 13.4. The van der Waals surface area contributed by atoms with Crippen LogP contribution in [0.4, 0.5) is 47.1 Å². The monoisotopic (exact) mass is 2030 g/mol. The van der Waals surface area contributed by atoms with Gasteiger partial charge in [-0.25, -0.2) is 0 Å². The quantitative estimate of drug-likeness (QED) is 0.0445. The van der Waals surface area contributed by atoms with Gasteiger partial charge in [-0.3, -0.25) is 15.0 Å². The molecular formula is C106H75Cl4N27O10. The van der Waals surface area contributed by atoms with E-state index in [1.54, 1.807) is 142 Å². The predicted molar refractivity (Wildman–Crippen MR) is 557 cm³/mol. The molecule has 12 heterocycles. The van der Waals surface area contributed by atoms with E-state index in [1.165, 1.54) is 0 Å². The van der Waals surface area contributed by atoms with Crippen molar-refractivity contribution in [2.24, 2.45) is 0 Å². The van der Waals surface area contributed by atoms with Gasteiger partial charge in [0.25, 0.3) is 0 Å². The van der Waals surface area contributed by atoms with Gasteiger partial charge in [0, 0.05) is 142 Å². The number of aromatic nitrogens is 11. The van der Waals surface area contributed by atoms with E-state index in [1.807, 2.05) is 206 Å². The highest BCUT2D eigenvalue weighted by Crippen LogP contribution is 2.41. The number of nitrogens with one attached hydrogen (secondary N) is 8. The summed E-state index contributed by atoms with van der Waals surface area (Å²) in [6.07, 6.45) is 8.78. The van der Waals surface area contributed by atoms with Crippen LogP contribution in [0, 0.1) is 90.6 Å². The third kappa shape index (κ3) is 23.1. The van der Waals surface area contributed by atoms with E-state index < -0.39 is 0 Å². The lowest BCUT2D eigenvalue weighted by molar-refractivity contribution is 0.174. The number of rotatable bonds is 16. The molecule has 0 unspecified atom stereocenters. The zero-order valence-corrected chi connectivity index (χ0v) is 81.5. The van der Waals surface area contributed by atoms with Crippen LogP contribution in [0.3, 0.4) is 0 Å². The molecule has 10 aromatic carbocycles. The van der Waals surface area contributed by atoms with Gasteiger partial charge in [0.05, 0.1) is 31.2 Å². The van der Waals surface area contributed by atoms with Crippen LogP contribution in [0.5, 0.6) is 11.5 Å². The number of anilines is 8. The Morgan fingerprint density at radius 1 is 0.252 bits per heavy atom. The third-order valence-electron chi connectivity index (χ3n) is 21.3. The molecule has 41 heteroatoms.